The lowest BCUT2D eigenvalue weighted by Crippen LogP contribution is -2.14. The second kappa shape index (κ2) is 7.25. The molecule has 0 radical (unpaired) electrons. The molecule has 6 heteroatoms. The first kappa shape index (κ1) is 16.3. The Morgan fingerprint density at radius 2 is 1.95 bits per heavy atom. The SMILES string of the molecule is O=C(Cc1cc(F)ccc1Cl)Nc1ccc(CCl)c(Br)c1. The Bertz CT molecular complexity index is 679. The van der Waals surface area contributed by atoms with Crippen LogP contribution in [0.2, 0.25) is 5.02 Å². The van der Waals surface area contributed by atoms with Crippen LogP contribution >= 0.6 is 39.1 Å². The van der Waals surface area contributed by atoms with Crippen molar-refractivity contribution in [1.82, 2.24) is 0 Å². The van der Waals surface area contributed by atoms with E-state index in [-0.39, 0.29) is 12.3 Å². The summed E-state index contributed by atoms with van der Waals surface area (Å²) in [4.78, 5) is 12.0. The second-order valence-electron chi connectivity index (χ2n) is 4.40. The number of halogens is 4. The highest BCUT2D eigenvalue weighted by molar-refractivity contribution is 9.10. The van der Waals surface area contributed by atoms with Crippen molar-refractivity contribution in [2.24, 2.45) is 0 Å². The van der Waals surface area contributed by atoms with E-state index in [0.717, 1.165) is 10.0 Å². The lowest BCUT2D eigenvalue weighted by Gasteiger charge is -2.08. The molecule has 1 N–H and O–H groups in total. The highest BCUT2D eigenvalue weighted by Gasteiger charge is 2.09. The maximum Gasteiger partial charge on any atom is 0.228 e. The third kappa shape index (κ3) is 4.43. The van der Waals surface area contributed by atoms with E-state index in [1.54, 1.807) is 12.1 Å². The van der Waals surface area contributed by atoms with Gasteiger partial charge >= 0.3 is 0 Å². The van der Waals surface area contributed by atoms with Crippen LogP contribution < -0.4 is 5.32 Å². The van der Waals surface area contributed by atoms with Gasteiger partial charge in [0, 0.05) is 21.1 Å². The van der Waals surface area contributed by atoms with Crippen LogP contribution in [0.15, 0.2) is 40.9 Å². The molecule has 0 unspecified atom stereocenters. The van der Waals surface area contributed by atoms with Gasteiger partial charge in [-0.05, 0) is 41.5 Å². The standard InChI is InChI=1S/C15H11BrCl2FNO/c16-13-7-12(3-1-9(13)8-17)20-15(21)6-10-5-11(19)2-4-14(10)18/h1-5,7H,6,8H2,(H,20,21). The van der Waals surface area contributed by atoms with Gasteiger partial charge in [-0.25, -0.2) is 4.39 Å². The zero-order chi connectivity index (χ0) is 15.4. The largest absolute Gasteiger partial charge is 0.326 e. The predicted molar refractivity (Wildman–Crippen MR) is 87.4 cm³/mol. The minimum Gasteiger partial charge on any atom is -0.326 e. The van der Waals surface area contributed by atoms with E-state index in [1.807, 2.05) is 6.07 Å². The summed E-state index contributed by atoms with van der Waals surface area (Å²) < 4.78 is 14.0. The topological polar surface area (TPSA) is 29.1 Å². The first-order valence-electron chi connectivity index (χ1n) is 6.08. The van der Waals surface area contributed by atoms with Crippen LogP contribution in [-0.4, -0.2) is 5.91 Å². The zero-order valence-corrected chi connectivity index (χ0v) is 13.9. The van der Waals surface area contributed by atoms with Gasteiger partial charge in [0.15, 0.2) is 0 Å². The van der Waals surface area contributed by atoms with Crippen LogP contribution in [0.3, 0.4) is 0 Å². The fourth-order valence-corrected chi connectivity index (χ4v) is 2.89. The molecule has 0 saturated carbocycles. The molecule has 2 aromatic rings. The first-order valence-corrected chi connectivity index (χ1v) is 7.78. The van der Waals surface area contributed by atoms with Gasteiger partial charge in [-0.2, -0.15) is 0 Å². The number of hydrogen-bond acceptors (Lipinski definition) is 1. The summed E-state index contributed by atoms with van der Waals surface area (Å²) in [5.74, 6) is -0.308. The Balaban J connectivity index is 2.08. The number of carbonyl (C=O) groups is 1. The van der Waals surface area contributed by atoms with Crippen molar-refractivity contribution in [3.05, 3.63) is 62.8 Å². The number of carbonyl (C=O) groups excluding carboxylic acids is 1. The number of hydrogen-bond donors (Lipinski definition) is 1. The quantitative estimate of drug-likeness (QED) is 0.717. The molecule has 0 fully saturated rings. The van der Waals surface area contributed by atoms with Gasteiger partial charge in [0.05, 0.1) is 6.42 Å². The van der Waals surface area contributed by atoms with E-state index >= 15 is 0 Å². The second-order valence-corrected chi connectivity index (χ2v) is 5.93. The average Bonchev–Trinajstić information content (AvgIpc) is 2.43. The van der Waals surface area contributed by atoms with Crippen LogP contribution in [0.5, 0.6) is 0 Å². The zero-order valence-electron chi connectivity index (χ0n) is 10.8. The van der Waals surface area contributed by atoms with E-state index in [1.165, 1.54) is 18.2 Å². The van der Waals surface area contributed by atoms with E-state index < -0.39 is 5.82 Å². The minimum atomic E-state index is -0.420. The lowest BCUT2D eigenvalue weighted by molar-refractivity contribution is -0.115. The van der Waals surface area contributed by atoms with Crippen LogP contribution in [0.4, 0.5) is 10.1 Å². The molecule has 0 aliphatic heterocycles. The smallest absolute Gasteiger partial charge is 0.228 e. The molecular formula is C15H11BrCl2FNO. The van der Waals surface area contributed by atoms with Gasteiger partial charge in [0.2, 0.25) is 5.91 Å². The molecule has 2 aromatic carbocycles. The molecule has 0 atom stereocenters. The molecule has 2 rings (SSSR count). The maximum absolute atomic E-state index is 13.2. The van der Waals surface area contributed by atoms with E-state index in [4.69, 9.17) is 23.2 Å². The van der Waals surface area contributed by atoms with Gasteiger partial charge in [-0.15, -0.1) is 11.6 Å². The van der Waals surface area contributed by atoms with Crippen LogP contribution in [0, 0.1) is 5.82 Å². The fourth-order valence-electron chi connectivity index (χ4n) is 1.79. The first-order chi connectivity index (χ1) is 9.99. The molecule has 110 valence electrons. The summed E-state index contributed by atoms with van der Waals surface area (Å²) in [5.41, 5.74) is 2.02. The molecule has 2 nitrogen and oxygen atoms in total. The molecule has 0 heterocycles. The molecular weight excluding hydrogens is 380 g/mol. The summed E-state index contributed by atoms with van der Waals surface area (Å²) in [5, 5.41) is 3.10. The molecule has 21 heavy (non-hydrogen) atoms. The Hall–Kier alpha value is -1.10. The van der Waals surface area contributed by atoms with Crippen LogP contribution in [0.25, 0.3) is 0 Å². The number of nitrogens with one attached hydrogen (secondary N) is 1. The van der Waals surface area contributed by atoms with E-state index in [9.17, 15) is 9.18 Å². The van der Waals surface area contributed by atoms with Crippen LogP contribution in [0.1, 0.15) is 11.1 Å². The Kier molecular flexibility index (Phi) is 5.62. The van der Waals surface area contributed by atoms with E-state index in [2.05, 4.69) is 21.2 Å². The summed E-state index contributed by atoms with van der Waals surface area (Å²) >= 11 is 15.1. The van der Waals surface area contributed by atoms with Crippen LogP contribution in [-0.2, 0) is 17.1 Å². The highest BCUT2D eigenvalue weighted by Crippen LogP contribution is 2.23. The number of anilines is 1. The van der Waals surface area contributed by atoms with Crippen molar-refractivity contribution in [2.45, 2.75) is 12.3 Å². The van der Waals surface area contributed by atoms with E-state index in [0.29, 0.717) is 22.2 Å². The third-order valence-electron chi connectivity index (χ3n) is 2.84. The van der Waals surface area contributed by atoms with Gasteiger partial charge in [0.25, 0.3) is 0 Å². The predicted octanol–water partition coefficient (Wildman–Crippen LogP) is 5.16. The Morgan fingerprint density at radius 1 is 1.19 bits per heavy atom. The van der Waals surface area contributed by atoms with Crippen molar-refractivity contribution in [3.63, 3.8) is 0 Å². The molecule has 0 bridgehead atoms. The minimum absolute atomic E-state index is 0.00543. The average molecular weight is 391 g/mol. The number of alkyl halides is 1. The van der Waals surface area contributed by atoms with Gasteiger partial charge in [0.1, 0.15) is 5.82 Å². The summed E-state index contributed by atoms with van der Waals surface area (Å²) in [6.45, 7) is 0. The lowest BCUT2D eigenvalue weighted by atomic mass is 10.1. The number of amides is 1. The van der Waals surface area contributed by atoms with Gasteiger partial charge in [-0.1, -0.05) is 33.6 Å². The summed E-state index contributed by atoms with van der Waals surface area (Å²) in [6, 6.07) is 9.30. The van der Waals surface area contributed by atoms with Crippen molar-refractivity contribution in [2.75, 3.05) is 5.32 Å². The van der Waals surface area contributed by atoms with Crippen molar-refractivity contribution >= 4 is 50.7 Å². The van der Waals surface area contributed by atoms with Gasteiger partial charge < -0.3 is 5.32 Å². The molecule has 0 saturated heterocycles. The molecule has 0 aromatic heterocycles. The van der Waals surface area contributed by atoms with Gasteiger partial charge in [-0.3, -0.25) is 4.79 Å². The molecule has 1 amide bonds. The third-order valence-corrected chi connectivity index (χ3v) is 4.23. The summed E-state index contributed by atoms with van der Waals surface area (Å²) in [7, 11) is 0. The Morgan fingerprint density at radius 3 is 2.62 bits per heavy atom. The fraction of sp³-hybridized carbons (Fsp3) is 0.133. The monoisotopic (exact) mass is 389 g/mol. The van der Waals surface area contributed by atoms with Crippen molar-refractivity contribution < 1.29 is 9.18 Å². The van der Waals surface area contributed by atoms with Crippen molar-refractivity contribution in [1.29, 1.82) is 0 Å². The molecule has 0 aliphatic rings. The normalized spacial score (nSPS) is 10.5. The summed E-state index contributed by atoms with van der Waals surface area (Å²) in [6.07, 6.45) is 0.00543. The Labute approximate surface area is 140 Å². The maximum atomic E-state index is 13.2. The number of benzene rings is 2. The molecule has 0 spiro atoms. The molecule has 0 aliphatic carbocycles. The number of rotatable bonds is 4. The van der Waals surface area contributed by atoms with Crippen molar-refractivity contribution in [3.8, 4) is 0 Å². The highest BCUT2D eigenvalue weighted by atomic mass is 79.9.